The van der Waals surface area contributed by atoms with Crippen LogP contribution in [0.5, 0.6) is 5.75 Å². The van der Waals surface area contributed by atoms with Crippen LogP contribution in [0, 0.1) is 0 Å². The van der Waals surface area contributed by atoms with Crippen molar-refractivity contribution in [3.63, 3.8) is 0 Å². The Morgan fingerprint density at radius 2 is 1.87 bits per heavy atom. The van der Waals surface area contributed by atoms with Crippen molar-refractivity contribution >= 4 is 22.6 Å². The van der Waals surface area contributed by atoms with Crippen molar-refractivity contribution in [2.24, 2.45) is 0 Å². The second kappa shape index (κ2) is 10.5. The van der Waals surface area contributed by atoms with E-state index in [-0.39, 0.29) is 17.9 Å². The van der Waals surface area contributed by atoms with Gasteiger partial charge in [-0.1, -0.05) is 49.0 Å². The van der Waals surface area contributed by atoms with Gasteiger partial charge >= 0.3 is 5.97 Å². The number of carbonyl (C=O) groups excluding carboxylic acids is 2. The number of ether oxygens (including phenoxy) is 2. The molecule has 0 bridgehead atoms. The molecule has 39 heavy (non-hydrogen) atoms. The van der Waals surface area contributed by atoms with Gasteiger partial charge in [0.25, 0.3) is 5.91 Å². The van der Waals surface area contributed by atoms with Crippen molar-refractivity contribution in [3.8, 4) is 5.75 Å². The number of carbonyl (C=O) groups is 2. The van der Waals surface area contributed by atoms with E-state index in [1.807, 2.05) is 60.7 Å². The van der Waals surface area contributed by atoms with Crippen molar-refractivity contribution in [1.82, 2.24) is 5.32 Å². The second-order valence-corrected chi connectivity index (χ2v) is 11.6. The molecule has 1 unspecified atom stereocenters. The first-order chi connectivity index (χ1) is 18.7. The first kappa shape index (κ1) is 26.9. The average Bonchev–Trinajstić information content (AvgIpc) is 2.92. The monoisotopic (exact) mass is 527 g/mol. The van der Waals surface area contributed by atoms with Gasteiger partial charge < -0.3 is 19.3 Å². The summed E-state index contributed by atoms with van der Waals surface area (Å²) in [7, 11) is 3.89. The third-order valence-electron chi connectivity index (χ3n) is 8.96. The summed E-state index contributed by atoms with van der Waals surface area (Å²) in [6.07, 6.45) is 4.85. The highest BCUT2D eigenvalue weighted by molar-refractivity contribution is 5.98. The number of methoxy groups -OCH3 is 1. The molecule has 1 aliphatic carbocycles. The van der Waals surface area contributed by atoms with Crippen molar-refractivity contribution in [3.05, 3.63) is 90.5 Å². The minimum atomic E-state index is -0.703. The summed E-state index contributed by atoms with van der Waals surface area (Å²) in [5.41, 5.74) is 0.578. The van der Waals surface area contributed by atoms with Crippen LogP contribution in [0.2, 0.25) is 0 Å². The molecule has 1 amide bonds. The van der Waals surface area contributed by atoms with Crippen molar-refractivity contribution in [2.45, 2.75) is 49.7 Å². The number of nitrogens with one attached hydrogen (secondary N) is 1. The largest absolute Gasteiger partial charge is 0.497 e. The van der Waals surface area contributed by atoms with Gasteiger partial charge in [0.15, 0.2) is 5.60 Å². The summed E-state index contributed by atoms with van der Waals surface area (Å²) in [5, 5.41) is 5.49. The first-order valence-corrected chi connectivity index (χ1v) is 13.8. The van der Waals surface area contributed by atoms with Crippen LogP contribution in [0.15, 0.2) is 79.4 Å². The van der Waals surface area contributed by atoms with E-state index in [0.29, 0.717) is 24.9 Å². The van der Waals surface area contributed by atoms with Gasteiger partial charge in [-0.05, 0) is 65.9 Å². The highest BCUT2D eigenvalue weighted by atomic mass is 16.6. The number of hydrogen-bond acceptors (Lipinski definition) is 4. The Kier molecular flexibility index (Phi) is 7.25. The fourth-order valence-electron chi connectivity index (χ4n) is 7.16. The van der Waals surface area contributed by atoms with E-state index in [1.54, 1.807) is 7.11 Å². The molecule has 6 heteroatoms. The summed E-state index contributed by atoms with van der Waals surface area (Å²) in [6.45, 7) is 7.91. The SMILES string of the molecule is C=CC[N@@+]1(C)CC[C@@]2(c3cccc(OC)c3)C[C@H](NC(=O)c3ccc4ccccc4c3)CCC2(OC(C)=O)C1. The molecule has 204 valence electrons. The van der Waals surface area contributed by atoms with E-state index in [4.69, 9.17) is 9.47 Å². The summed E-state index contributed by atoms with van der Waals surface area (Å²) >= 11 is 0. The molecule has 0 aromatic heterocycles. The fourth-order valence-corrected chi connectivity index (χ4v) is 7.16. The Hall–Kier alpha value is -3.64. The van der Waals surface area contributed by atoms with Crippen LogP contribution in [0.3, 0.4) is 0 Å². The van der Waals surface area contributed by atoms with Crippen LogP contribution in [0.25, 0.3) is 10.8 Å². The van der Waals surface area contributed by atoms with Crippen molar-refractivity contribution in [2.75, 3.05) is 33.8 Å². The van der Waals surface area contributed by atoms with Gasteiger partial charge in [-0.25, -0.2) is 0 Å². The molecule has 0 spiro atoms. The van der Waals surface area contributed by atoms with Crippen LogP contribution in [-0.2, 0) is 14.9 Å². The fraction of sp³-hybridized carbons (Fsp3) is 0.394. The molecule has 2 aliphatic rings. The van der Waals surface area contributed by atoms with Gasteiger partial charge in [-0.3, -0.25) is 9.59 Å². The molecule has 1 N–H and O–H groups in total. The summed E-state index contributed by atoms with van der Waals surface area (Å²) in [5.74, 6) is 0.428. The van der Waals surface area contributed by atoms with E-state index in [0.717, 1.165) is 52.5 Å². The normalized spacial score (nSPS) is 28.2. The van der Waals surface area contributed by atoms with Crippen molar-refractivity contribution in [1.29, 1.82) is 0 Å². The van der Waals surface area contributed by atoms with E-state index in [2.05, 4.69) is 31.1 Å². The highest BCUT2D eigenvalue weighted by Gasteiger charge is 2.64. The third kappa shape index (κ3) is 5.06. The topological polar surface area (TPSA) is 64.6 Å². The standard InChI is InChI=1S/C33H38N2O4/c1-5-18-35(3)19-17-32(28-11-8-12-30(21-28)38-4)22-29(15-16-33(32,23-35)39-24(2)36)34-31(37)27-14-13-25-9-6-7-10-26(25)20-27/h5-14,20-21,29H,1,15-19,22-23H2,2-4H3/p+1/t29-,32+,33?,35+/m1/s1. The van der Waals surface area contributed by atoms with Gasteiger partial charge in [0, 0.05) is 30.4 Å². The highest BCUT2D eigenvalue weighted by Crippen LogP contribution is 2.55. The molecular weight excluding hydrogens is 488 g/mol. The van der Waals surface area contributed by atoms with E-state index >= 15 is 0 Å². The minimum absolute atomic E-state index is 0.0601. The molecule has 1 saturated carbocycles. The minimum Gasteiger partial charge on any atom is -0.497 e. The average molecular weight is 528 g/mol. The molecule has 3 aromatic rings. The Labute approximate surface area is 231 Å². The predicted molar refractivity (Wildman–Crippen MR) is 154 cm³/mol. The van der Waals surface area contributed by atoms with Gasteiger partial charge in [0.1, 0.15) is 12.3 Å². The summed E-state index contributed by atoms with van der Waals surface area (Å²) < 4.78 is 12.8. The molecule has 6 nitrogen and oxygen atoms in total. The molecule has 3 aromatic carbocycles. The van der Waals surface area contributed by atoms with Crippen LogP contribution in [0.4, 0.5) is 0 Å². The van der Waals surface area contributed by atoms with Crippen LogP contribution < -0.4 is 10.1 Å². The Bertz CT molecular complexity index is 1400. The summed E-state index contributed by atoms with van der Waals surface area (Å²) in [6, 6.07) is 22.0. The van der Waals surface area contributed by atoms with Gasteiger partial charge in [-0.15, -0.1) is 0 Å². The zero-order chi connectivity index (χ0) is 27.7. The number of likely N-dealkylation sites (tertiary alicyclic amines) is 1. The lowest BCUT2D eigenvalue weighted by molar-refractivity contribution is -0.917. The van der Waals surface area contributed by atoms with Crippen LogP contribution in [-0.4, -0.2) is 61.8 Å². The Balaban J connectivity index is 1.52. The molecule has 5 rings (SSSR count). The Morgan fingerprint density at radius 3 is 2.62 bits per heavy atom. The molecule has 2 fully saturated rings. The maximum Gasteiger partial charge on any atom is 0.303 e. The van der Waals surface area contributed by atoms with Crippen LogP contribution >= 0.6 is 0 Å². The number of hydrogen-bond donors (Lipinski definition) is 1. The van der Waals surface area contributed by atoms with Crippen molar-refractivity contribution < 1.29 is 23.5 Å². The summed E-state index contributed by atoms with van der Waals surface area (Å²) in [4.78, 5) is 26.1. The zero-order valence-electron chi connectivity index (χ0n) is 23.2. The van der Waals surface area contributed by atoms with E-state index in [1.165, 1.54) is 6.92 Å². The lowest BCUT2D eigenvalue weighted by Crippen LogP contribution is -2.72. The number of fused-ring (bicyclic) bond motifs is 2. The quantitative estimate of drug-likeness (QED) is 0.254. The molecule has 1 saturated heterocycles. The van der Waals surface area contributed by atoms with Crippen LogP contribution in [0.1, 0.15) is 48.5 Å². The zero-order valence-corrected chi connectivity index (χ0v) is 23.2. The van der Waals surface area contributed by atoms with Gasteiger partial charge in [-0.2, -0.15) is 0 Å². The smallest absolute Gasteiger partial charge is 0.303 e. The number of quaternary nitrogens is 1. The van der Waals surface area contributed by atoms with E-state index in [9.17, 15) is 9.59 Å². The third-order valence-corrected chi connectivity index (χ3v) is 8.96. The number of esters is 1. The first-order valence-electron chi connectivity index (χ1n) is 13.8. The van der Waals surface area contributed by atoms with Gasteiger partial charge in [0.05, 0.1) is 27.2 Å². The number of nitrogens with zero attached hydrogens (tertiary/aromatic N) is 1. The maximum absolute atomic E-state index is 13.5. The number of rotatable bonds is 7. The predicted octanol–water partition coefficient (Wildman–Crippen LogP) is 5.41. The second-order valence-electron chi connectivity index (χ2n) is 11.6. The lowest BCUT2D eigenvalue weighted by atomic mass is 9.54. The maximum atomic E-state index is 13.5. The molecule has 4 atom stereocenters. The molecular formula is C33H39N2O4+. The number of piperidine rings is 1. The lowest BCUT2D eigenvalue weighted by Gasteiger charge is -2.60. The van der Waals surface area contributed by atoms with E-state index < -0.39 is 11.0 Å². The number of amides is 1. The molecule has 1 heterocycles. The molecule has 1 aliphatic heterocycles. The number of benzene rings is 3. The number of likely N-dealkylation sites (N-methyl/N-ethyl adjacent to an activating group) is 1. The molecule has 0 radical (unpaired) electrons. The Morgan fingerprint density at radius 1 is 1.08 bits per heavy atom. The van der Waals surface area contributed by atoms with Gasteiger partial charge in [0.2, 0.25) is 0 Å².